The van der Waals surface area contributed by atoms with Crippen LogP contribution in [0.3, 0.4) is 0 Å². The maximum atomic E-state index is 12.3. The normalized spacial score (nSPS) is 17.1. The number of nitrogens with one attached hydrogen (secondary N) is 2. The van der Waals surface area contributed by atoms with E-state index in [0.29, 0.717) is 30.1 Å². The van der Waals surface area contributed by atoms with Crippen LogP contribution in [-0.2, 0) is 9.53 Å². The molecule has 1 heterocycles. The number of urea groups is 1. The van der Waals surface area contributed by atoms with Gasteiger partial charge >= 0.3 is 12.0 Å². The highest BCUT2D eigenvalue weighted by atomic mass is 32.2. The molecule has 1 aliphatic rings. The summed E-state index contributed by atoms with van der Waals surface area (Å²) in [6.45, 7) is 3.98. The molecule has 1 atom stereocenters. The highest BCUT2D eigenvalue weighted by molar-refractivity contribution is 7.99. The molecule has 0 radical (unpaired) electrons. The van der Waals surface area contributed by atoms with Gasteiger partial charge in [0.05, 0.1) is 25.3 Å². The number of carbonyl (C=O) groups excluding carboxylic acids is 2. The third kappa shape index (κ3) is 4.44. The van der Waals surface area contributed by atoms with Crippen LogP contribution < -0.4 is 15.4 Å². The van der Waals surface area contributed by atoms with Gasteiger partial charge in [0.25, 0.3) is 0 Å². The van der Waals surface area contributed by atoms with E-state index in [1.165, 1.54) is 11.8 Å². The first kappa shape index (κ1) is 18.2. The van der Waals surface area contributed by atoms with Crippen molar-refractivity contribution in [3.8, 4) is 5.75 Å². The highest BCUT2D eigenvalue weighted by Gasteiger charge is 2.31. The molecule has 0 unspecified atom stereocenters. The van der Waals surface area contributed by atoms with Gasteiger partial charge in [-0.3, -0.25) is 0 Å². The molecular weight excluding hydrogens is 328 g/mol. The molecule has 0 spiro atoms. The number of hydrogen-bond acceptors (Lipinski definition) is 5. The Morgan fingerprint density at radius 1 is 1.25 bits per heavy atom. The number of hydrogen-bond donors (Lipinski definition) is 2. The molecule has 0 bridgehead atoms. The summed E-state index contributed by atoms with van der Waals surface area (Å²) in [5, 5.41) is 5.51. The van der Waals surface area contributed by atoms with Gasteiger partial charge in [-0.05, 0) is 37.6 Å². The minimum Gasteiger partial charge on any atom is -0.497 e. The maximum absolute atomic E-state index is 12.3. The number of benzene rings is 1. The lowest BCUT2D eigenvalue weighted by molar-refractivity contribution is -0.139. The third-order valence-electron chi connectivity index (χ3n) is 3.59. The summed E-state index contributed by atoms with van der Waals surface area (Å²) in [5.41, 5.74) is 1.10. The molecule has 2 amide bonds. The summed E-state index contributed by atoms with van der Waals surface area (Å²) >= 11 is 1.54. The summed E-state index contributed by atoms with van der Waals surface area (Å²) in [6, 6.07) is 7.00. The zero-order chi connectivity index (χ0) is 17.5. The number of ether oxygens (including phenoxy) is 2. The standard InChI is InChI=1S/C17H22N2O4S/c1-4-13-15(16(20)23-5-2)14(19-17(21)18-13)10-24-12-8-6-11(22-3)7-9-12/h6-9,13H,4-5,10H2,1-3H3,(H2,18,19,21)/t13-/m1/s1. The number of rotatable bonds is 7. The Kier molecular flexibility index (Phi) is 6.54. The van der Waals surface area contributed by atoms with Crippen LogP contribution in [0.5, 0.6) is 5.75 Å². The largest absolute Gasteiger partial charge is 0.497 e. The van der Waals surface area contributed by atoms with Crippen molar-refractivity contribution in [1.82, 2.24) is 10.6 Å². The average molecular weight is 350 g/mol. The monoisotopic (exact) mass is 350 g/mol. The molecule has 1 aromatic carbocycles. The van der Waals surface area contributed by atoms with Crippen LogP contribution in [-0.4, -0.2) is 37.5 Å². The van der Waals surface area contributed by atoms with Gasteiger partial charge in [0.2, 0.25) is 0 Å². The average Bonchev–Trinajstić information content (AvgIpc) is 2.59. The Hall–Kier alpha value is -2.15. The smallest absolute Gasteiger partial charge is 0.337 e. The molecule has 0 fully saturated rings. The quantitative estimate of drug-likeness (QED) is 0.584. The third-order valence-corrected chi connectivity index (χ3v) is 4.63. The second-order valence-corrected chi connectivity index (χ2v) is 6.18. The zero-order valence-electron chi connectivity index (χ0n) is 14.0. The van der Waals surface area contributed by atoms with E-state index in [9.17, 15) is 9.59 Å². The summed E-state index contributed by atoms with van der Waals surface area (Å²) in [7, 11) is 1.62. The van der Waals surface area contributed by atoms with Crippen molar-refractivity contribution in [2.75, 3.05) is 19.5 Å². The van der Waals surface area contributed by atoms with Crippen LogP contribution in [0.25, 0.3) is 0 Å². The van der Waals surface area contributed by atoms with E-state index < -0.39 is 0 Å². The summed E-state index contributed by atoms with van der Waals surface area (Å²) in [6.07, 6.45) is 0.623. The Morgan fingerprint density at radius 2 is 1.96 bits per heavy atom. The number of esters is 1. The van der Waals surface area contributed by atoms with Crippen molar-refractivity contribution in [3.63, 3.8) is 0 Å². The molecule has 130 valence electrons. The molecule has 0 saturated carbocycles. The lowest BCUT2D eigenvalue weighted by Gasteiger charge is -2.28. The van der Waals surface area contributed by atoms with Gasteiger partial charge in [0, 0.05) is 16.3 Å². The minimum atomic E-state index is -0.387. The zero-order valence-corrected chi connectivity index (χ0v) is 14.9. The lowest BCUT2D eigenvalue weighted by Crippen LogP contribution is -2.50. The maximum Gasteiger partial charge on any atom is 0.337 e. The van der Waals surface area contributed by atoms with Crippen LogP contribution in [0.4, 0.5) is 4.79 Å². The molecule has 0 saturated heterocycles. The summed E-state index contributed by atoms with van der Waals surface area (Å²) < 4.78 is 10.3. The van der Waals surface area contributed by atoms with E-state index in [4.69, 9.17) is 9.47 Å². The second kappa shape index (κ2) is 8.63. The van der Waals surface area contributed by atoms with E-state index in [2.05, 4.69) is 10.6 Å². The first-order valence-electron chi connectivity index (χ1n) is 7.83. The van der Waals surface area contributed by atoms with E-state index in [1.807, 2.05) is 31.2 Å². The first-order valence-corrected chi connectivity index (χ1v) is 8.82. The molecule has 6 nitrogen and oxygen atoms in total. The van der Waals surface area contributed by atoms with Gasteiger partial charge in [-0.2, -0.15) is 0 Å². The van der Waals surface area contributed by atoms with Gasteiger partial charge in [0.15, 0.2) is 0 Å². The fourth-order valence-electron chi connectivity index (χ4n) is 2.40. The second-order valence-electron chi connectivity index (χ2n) is 5.14. The molecule has 2 rings (SSSR count). The molecule has 1 aromatic rings. The van der Waals surface area contributed by atoms with Gasteiger partial charge in [-0.25, -0.2) is 9.59 Å². The van der Waals surface area contributed by atoms with Crippen molar-refractivity contribution in [1.29, 1.82) is 0 Å². The van der Waals surface area contributed by atoms with E-state index in [1.54, 1.807) is 14.0 Å². The first-order chi connectivity index (χ1) is 11.6. The van der Waals surface area contributed by atoms with Crippen molar-refractivity contribution < 1.29 is 19.1 Å². The Balaban J connectivity index is 2.19. The van der Waals surface area contributed by atoms with Crippen LogP contribution >= 0.6 is 11.8 Å². The molecule has 0 aliphatic carbocycles. The molecule has 7 heteroatoms. The van der Waals surface area contributed by atoms with Gasteiger partial charge in [0.1, 0.15) is 5.75 Å². The fourth-order valence-corrected chi connectivity index (χ4v) is 3.27. The van der Waals surface area contributed by atoms with Crippen molar-refractivity contribution >= 4 is 23.8 Å². The molecule has 24 heavy (non-hydrogen) atoms. The number of carbonyl (C=O) groups is 2. The van der Waals surface area contributed by atoms with E-state index in [0.717, 1.165) is 10.6 Å². The van der Waals surface area contributed by atoms with Crippen LogP contribution in [0, 0.1) is 0 Å². The van der Waals surface area contributed by atoms with Crippen molar-refractivity contribution in [2.45, 2.75) is 31.2 Å². The number of amides is 2. The van der Waals surface area contributed by atoms with Crippen LogP contribution in [0.2, 0.25) is 0 Å². The Morgan fingerprint density at radius 3 is 2.54 bits per heavy atom. The molecule has 2 N–H and O–H groups in total. The van der Waals surface area contributed by atoms with Crippen LogP contribution in [0.1, 0.15) is 20.3 Å². The van der Waals surface area contributed by atoms with Crippen molar-refractivity contribution in [2.24, 2.45) is 0 Å². The van der Waals surface area contributed by atoms with Gasteiger partial charge < -0.3 is 20.1 Å². The van der Waals surface area contributed by atoms with Crippen molar-refractivity contribution in [3.05, 3.63) is 35.5 Å². The minimum absolute atomic E-state index is 0.291. The van der Waals surface area contributed by atoms with Gasteiger partial charge in [-0.1, -0.05) is 6.92 Å². The highest BCUT2D eigenvalue weighted by Crippen LogP contribution is 2.26. The predicted molar refractivity (Wildman–Crippen MR) is 93.1 cm³/mol. The SMILES string of the molecule is CCOC(=O)C1=C(CSc2ccc(OC)cc2)NC(=O)N[C@@H]1CC. The predicted octanol–water partition coefficient (Wildman–Crippen LogP) is 2.70. The summed E-state index contributed by atoms with van der Waals surface area (Å²) in [4.78, 5) is 25.1. The number of thioether (sulfide) groups is 1. The van der Waals surface area contributed by atoms with E-state index in [-0.39, 0.29) is 18.0 Å². The van der Waals surface area contributed by atoms with E-state index >= 15 is 0 Å². The molecule has 1 aliphatic heterocycles. The molecular formula is C17H22N2O4S. The molecule has 0 aromatic heterocycles. The topological polar surface area (TPSA) is 76.7 Å². The fraction of sp³-hybridized carbons (Fsp3) is 0.412. The van der Waals surface area contributed by atoms with Gasteiger partial charge in [-0.15, -0.1) is 11.8 Å². The summed E-state index contributed by atoms with van der Waals surface area (Å²) in [5.74, 6) is 0.874. The Bertz CT molecular complexity index is 628. The Labute approximate surface area is 146 Å². The lowest BCUT2D eigenvalue weighted by atomic mass is 10.0. The van der Waals surface area contributed by atoms with Crippen LogP contribution in [0.15, 0.2) is 40.4 Å². The number of methoxy groups -OCH3 is 1.